The van der Waals surface area contributed by atoms with Crippen LogP contribution in [0.25, 0.3) is 6.08 Å². The summed E-state index contributed by atoms with van der Waals surface area (Å²) in [6.45, 7) is 1.46. The average molecular weight is 403 g/mol. The van der Waals surface area contributed by atoms with E-state index in [1.807, 2.05) is 0 Å². The number of hydrogen-bond donors (Lipinski definition) is 2. The maximum absolute atomic E-state index is 12.1. The molecule has 2 aromatic carbocycles. The van der Waals surface area contributed by atoms with Crippen LogP contribution in [0.2, 0.25) is 5.02 Å². The quantitative estimate of drug-likeness (QED) is 0.735. The summed E-state index contributed by atoms with van der Waals surface area (Å²) in [7, 11) is 0. The van der Waals surface area contributed by atoms with Crippen LogP contribution in [0.5, 0.6) is 5.75 Å². The monoisotopic (exact) mass is 402 g/mol. The van der Waals surface area contributed by atoms with E-state index in [1.54, 1.807) is 54.6 Å². The van der Waals surface area contributed by atoms with Crippen molar-refractivity contribution in [2.24, 2.45) is 4.99 Å². The van der Waals surface area contributed by atoms with Crippen molar-refractivity contribution in [3.05, 3.63) is 64.0 Å². The van der Waals surface area contributed by atoms with Crippen molar-refractivity contribution in [1.82, 2.24) is 5.32 Å². The largest absolute Gasteiger partial charge is 0.479 e. The fourth-order valence-corrected chi connectivity index (χ4v) is 3.22. The van der Waals surface area contributed by atoms with Crippen LogP contribution in [-0.4, -0.2) is 28.3 Å². The lowest BCUT2D eigenvalue weighted by Gasteiger charge is -2.10. The van der Waals surface area contributed by atoms with Gasteiger partial charge in [0.2, 0.25) is 0 Å². The summed E-state index contributed by atoms with van der Waals surface area (Å²) >= 11 is 7.17. The highest BCUT2D eigenvalue weighted by molar-refractivity contribution is 8.18. The molecule has 1 saturated heterocycles. The van der Waals surface area contributed by atoms with E-state index in [2.05, 4.69) is 10.3 Å². The van der Waals surface area contributed by atoms with Crippen LogP contribution in [0.1, 0.15) is 12.5 Å². The van der Waals surface area contributed by atoms with E-state index in [-0.39, 0.29) is 5.91 Å². The number of carboxylic acid groups (broad SMARTS) is 1. The van der Waals surface area contributed by atoms with Gasteiger partial charge in [0, 0.05) is 5.02 Å². The Morgan fingerprint density at radius 3 is 2.70 bits per heavy atom. The molecule has 27 heavy (non-hydrogen) atoms. The summed E-state index contributed by atoms with van der Waals surface area (Å²) in [5.41, 5.74) is 1.44. The van der Waals surface area contributed by atoms with Crippen molar-refractivity contribution < 1.29 is 19.4 Å². The van der Waals surface area contributed by atoms with E-state index >= 15 is 0 Å². The van der Waals surface area contributed by atoms with Gasteiger partial charge in [0.25, 0.3) is 5.91 Å². The molecule has 1 fully saturated rings. The number of thioether (sulfide) groups is 1. The van der Waals surface area contributed by atoms with Gasteiger partial charge in [0.1, 0.15) is 5.75 Å². The number of carbonyl (C=O) groups excluding carboxylic acids is 1. The molecule has 8 heteroatoms. The van der Waals surface area contributed by atoms with Crippen molar-refractivity contribution in [1.29, 1.82) is 0 Å². The summed E-state index contributed by atoms with van der Waals surface area (Å²) in [4.78, 5) is 27.8. The molecule has 2 aromatic rings. The standard InChI is InChI=1S/C19H15ClN2O4S/c1-11(18(24)25)26-15-7-5-12(6-8-15)9-16-17(23)22-19(27-16)21-14-4-2-3-13(20)10-14/h2-11H,1H3,(H,24,25)(H,21,22,23)/b16-9+/t11-/m0/s1. The topological polar surface area (TPSA) is 88.0 Å². The van der Waals surface area contributed by atoms with Gasteiger partial charge >= 0.3 is 5.97 Å². The van der Waals surface area contributed by atoms with Gasteiger partial charge in [-0.2, -0.15) is 0 Å². The van der Waals surface area contributed by atoms with E-state index in [0.29, 0.717) is 26.5 Å². The number of nitrogens with zero attached hydrogens (tertiary/aromatic N) is 1. The Balaban J connectivity index is 1.72. The number of benzene rings is 2. The van der Waals surface area contributed by atoms with Crippen molar-refractivity contribution >= 4 is 52.2 Å². The highest BCUT2D eigenvalue weighted by Gasteiger charge is 2.23. The highest BCUT2D eigenvalue weighted by atomic mass is 35.5. The van der Waals surface area contributed by atoms with Crippen molar-refractivity contribution in [2.45, 2.75) is 13.0 Å². The Hall–Kier alpha value is -2.77. The number of hydrogen-bond acceptors (Lipinski definition) is 5. The number of nitrogens with one attached hydrogen (secondary N) is 1. The van der Waals surface area contributed by atoms with Crippen LogP contribution in [0.15, 0.2) is 58.4 Å². The van der Waals surface area contributed by atoms with Gasteiger partial charge in [-0.15, -0.1) is 0 Å². The number of carbonyl (C=O) groups is 2. The Kier molecular flexibility index (Phi) is 5.83. The second-order valence-corrected chi connectivity index (χ2v) is 7.10. The van der Waals surface area contributed by atoms with Gasteiger partial charge in [-0.05, 0) is 60.7 Å². The second kappa shape index (κ2) is 8.28. The molecule has 0 bridgehead atoms. The van der Waals surface area contributed by atoms with E-state index in [9.17, 15) is 9.59 Å². The van der Waals surface area contributed by atoms with Crippen LogP contribution in [0.4, 0.5) is 5.69 Å². The van der Waals surface area contributed by atoms with E-state index in [1.165, 1.54) is 18.7 Å². The zero-order chi connectivity index (χ0) is 19.4. The number of rotatable bonds is 5. The molecule has 0 aromatic heterocycles. The first-order valence-electron chi connectivity index (χ1n) is 7.95. The highest BCUT2D eigenvalue weighted by Crippen LogP contribution is 2.29. The molecule has 0 aliphatic carbocycles. The van der Waals surface area contributed by atoms with Gasteiger partial charge < -0.3 is 15.2 Å². The first kappa shape index (κ1) is 19.0. The molecule has 2 N–H and O–H groups in total. The van der Waals surface area contributed by atoms with E-state index in [0.717, 1.165) is 5.56 Å². The third kappa shape index (κ3) is 5.12. The Bertz CT molecular complexity index is 941. The molecule has 1 atom stereocenters. The van der Waals surface area contributed by atoms with Gasteiger partial charge in [-0.1, -0.05) is 29.8 Å². The molecule has 138 valence electrons. The van der Waals surface area contributed by atoms with E-state index in [4.69, 9.17) is 21.4 Å². The average Bonchev–Trinajstić information content (AvgIpc) is 2.95. The van der Waals surface area contributed by atoms with Gasteiger partial charge in [-0.25, -0.2) is 9.79 Å². The number of halogens is 1. The van der Waals surface area contributed by atoms with Gasteiger partial charge in [0.05, 0.1) is 10.6 Å². The number of amides is 1. The van der Waals surface area contributed by atoms with Crippen LogP contribution in [0, 0.1) is 0 Å². The minimum absolute atomic E-state index is 0.236. The normalized spacial score (nSPS) is 17.8. The van der Waals surface area contributed by atoms with Crippen molar-refractivity contribution in [2.75, 3.05) is 0 Å². The molecule has 0 unspecified atom stereocenters. The van der Waals surface area contributed by atoms with Crippen LogP contribution in [-0.2, 0) is 9.59 Å². The Morgan fingerprint density at radius 1 is 1.30 bits per heavy atom. The molecule has 1 aliphatic rings. The molecule has 6 nitrogen and oxygen atoms in total. The lowest BCUT2D eigenvalue weighted by atomic mass is 10.2. The van der Waals surface area contributed by atoms with Gasteiger partial charge in [0.15, 0.2) is 11.3 Å². The number of aliphatic imine (C=N–C) groups is 1. The number of amidine groups is 1. The van der Waals surface area contributed by atoms with Crippen LogP contribution in [0.3, 0.4) is 0 Å². The molecule has 3 rings (SSSR count). The predicted molar refractivity (Wildman–Crippen MR) is 106 cm³/mol. The van der Waals surface area contributed by atoms with E-state index < -0.39 is 12.1 Å². The lowest BCUT2D eigenvalue weighted by molar-refractivity contribution is -0.144. The van der Waals surface area contributed by atoms with Crippen LogP contribution < -0.4 is 10.1 Å². The van der Waals surface area contributed by atoms with Crippen LogP contribution >= 0.6 is 23.4 Å². The first-order valence-corrected chi connectivity index (χ1v) is 9.15. The summed E-state index contributed by atoms with van der Waals surface area (Å²) in [6.07, 6.45) is 0.792. The lowest BCUT2D eigenvalue weighted by Crippen LogP contribution is -2.22. The number of ether oxygens (including phenoxy) is 1. The fraction of sp³-hybridized carbons (Fsp3) is 0.105. The first-order chi connectivity index (χ1) is 12.9. The SMILES string of the molecule is C[C@H](Oc1ccc(/C=C2/SC(=Nc3cccc(Cl)c3)NC2=O)cc1)C(=O)O. The Morgan fingerprint density at radius 2 is 2.04 bits per heavy atom. The predicted octanol–water partition coefficient (Wildman–Crippen LogP) is 4.08. The van der Waals surface area contributed by atoms with Crippen molar-refractivity contribution in [3.8, 4) is 5.75 Å². The summed E-state index contributed by atoms with van der Waals surface area (Å²) < 4.78 is 5.28. The van der Waals surface area contributed by atoms with Crippen molar-refractivity contribution in [3.63, 3.8) is 0 Å². The number of carboxylic acids is 1. The summed E-state index contributed by atoms with van der Waals surface area (Å²) in [5.74, 6) is -0.828. The molecule has 1 heterocycles. The third-order valence-corrected chi connectivity index (χ3v) is 4.67. The minimum Gasteiger partial charge on any atom is -0.479 e. The maximum atomic E-state index is 12.1. The summed E-state index contributed by atoms with van der Waals surface area (Å²) in [6, 6.07) is 13.8. The Labute approximate surface area is 164 Å². The molecular weight excluding hydrogens is 388 g/mol. The molecule has 0 radical (unpaired) electrons. The fourth-order valence-electron chi connectivity index (χ4n) is 2.19. The molecule has 1 amide bonds. The number of aliphatic carboxylic acids is 1. The molecule has 0 spiro atoms. The molecule has 1 aliphatic heterocycles. The summed E-state index contributed by atoms with van der Waals surface area (Å²) in [5, 5.41) is 12.6. The van der Waals surface area contributed by atoms with Gasteiger partial charge in [-0.3, -0.25) is 4.79 Å². The maximum Gasteiger partial charge on any atom is 0.344 e. The smallest absolute Gasteiger partial charge is 0.344 e. The molecule has 0 saturated carbocycles. The third-order valence-electron chi connectivity index (χ3n) is 3.53. The second-order valence-electron chi connectivity index (χ2n) is 5.63. The minimum atomic E-state index is -1.04. The zero-order valence-corrected chi connectivity index (χ0v) is 15.8. The molecular formula is C19H15ClN2O4S. The zero-order valence-electron chi connectivity index (χ0n) is 14.2.